The number of nitrogens with two attached hydrogens (primary N) is 1. The maximum Gasteiger partial charge on any atom is 0.342 e. The predicted octanol–water partition coefficient (Wildman–Crippen LogP) is 2.96. The number of aryl methyl sites for hydroxylation is 1. The maximum atomic E-state index is 11.4. The van der Waals surface area contributed by atoms with Crippen molar-refractivity contribution < 1.29 is 9.90 Å². The molecule has 0 spiro atoms. The number of benzene rings is 1. The van der Waals surface area contributed by atoms with Gasteiger partial charge in [0.15, 0.2) is 0 Å². The fourth-order valence-corrected chi connectivity index (χ4v) is 2.67. The van der Waals surface area contributed by atoms with Crippen molar-refractivity contribution in [1.29, 1.82) is 0 Å². The van der Waals surface area contributed by atoms with Gasteiger partial charge < -0.3 is 10.8 Å². The molecule has 2 aromatic rings. The summed E-state index contributed by atoms with van der Waals surface area (Å²) in [5.74, 6) is -0.0654. The number of thioether (sulfide) groups is 1. The molecule has 6 heteroatoms. The van der Waals surface area contributed by atoms with E-state index in [1.165, 1.54) is 16.4 Å². The fraction of sp³-hybridized carbons (Fsp3) is 0.286. The van der Waals surface area contributed by atoms with Crippen LogP contribution in [0.2, 0.25) is 0 Å². The van der Waals surface area contributed by atoms with Crippen LogP contribution < -0.4 is 5.73 Å². The van der Waals surface area contributed by atoms with Crippen molar-refractivity contribution in [3.05, 3.63) is 35.4 Å². The Morgan fingerprint density at radius 2 is 2.05 bits per heavy atom. The molecule has 3 N–H and O–H groups in total. The molecule has 0 amide bonds. The second-order valence-corrected chi connectivity index (χ2v) is 5.55. The molecule has 1 aromatic heterocycles. The van der Waals surface area contributed by atoms with Crippen molar-refractivity contribution in [1.82, 2.24) is 9.78 Å². The zero-order valence-electron chi connectivity index (χ0n) is 11.5. The van der Waals surface area contributed by atoms with Gasteiger partial charge in [-0.3, -0.25) is 0 Å². The number of hydrogen-bond donors (Lipinski definition) is 2. The van der Waals surface area contributed by atoms with E-state index in [1.807, 2.05) is 38.1 Å². The quantitative estimate of drug-likeness (QED) is 0.828. The lowest BCUT2D eigenvalue weighted by atomic mass is 10.2. The van der Waals surface area contributed by atoms with Crippen LogP contribution in [-0.4, -0.2) is 26.6 Å². The van der Waals surface area contributed by atoms with Crippen molar-refractivity contribution >= 4 is 23.5 Å². The summed E-state index contributed by atoms with van der Waals surface area (Å²) < 4.78 is 1.49. The largest absolute Gasteiger partial charge is 0.477 e. The van der Waals surface area contributed by atoms with Gasteiger partial charge in [-0.25, -0.2) is 9.48 Å². The molecule has 106 valence electrons. The van der Waals surface area contributed by atoms with Crippen LogP contribution in [-0.2, 0) is 0 Å². The van der Waals surface area contributed by atoms with E-state index in [0.717, 1.165) is 23.4 Å². The second-order valence-electron chi connectivity index (χ2n) is 4.47. The average molecular weight is 291 g/mol. The molecule has 20 heavy (non-hydrogen) atoms. The molecule has 1 aromatic carbocycles. The number of carbonyl (C=O) groups is 1. The first-order valence-electron chi connectivity index (χ1n) is 6.36. The second kappa shape index (κ2) is 6.00. The van der Waals surface area contributed by atoms with Crippen LogP contribution in [0.25, 0.3) is 5.69 Å². The van der Waals surface area contributed by atoms with Gasteiger partial charge in [-0.2, -0.15) is 5.10 Å². The van der Waals surface area contributed by atoms with Crippen molar-refractivity contribution in [2.24, 2.45) is 0 Å². The van der Waals surface area contributed by atoms with Crippen LogP contribution in [0.3, 0.4) is 0 Å². The molecule has 0 fully saturated rings. The first-order chi connectivity index (χ1) is 9.54. The molecule has 2 rings (SSSR count). The molecule has 0 aliphatic carbocycles. The van der Waals surface area contributed by atoms with E-state index in [0.29, 0.717) is 5.03 Å². The van der Waals surface area contributed by atoms with Gasteiger partial charge in [0.25, 0.3) is 0 Å². The summed E-state index contributed by atoms with van der Waals surface area (Å²) >= 11 is 1.42. The fourth-order valence-electron chi connectivity index (χ4n) is 1.79. The Bertz CT molecular complexity index is 620. The smallest absolute Gasteiger partial charge is 0.342 e. The molecule has 0 atom stereocenters. The normalized spacial score (nSPS) is 10.7. The molecular weight excluding hydrogens is 274 g/mol. The Balaban J connectivity index is 2.48. The molecule has 0 aliphatic heterocycles. The highest BCUT2D eigenvalue weighted by Crippen LogP contribution is 2.29. The third-order valence-corrected chi connectivity index (χ3v) is 4.00. The number of aromatic nitrogens is 2. The first kappa shape index (κ1) is 14.5. The van der Waals surface area contributed by atoms with Gasteiger partial charge in [-0.1, -0.05) is 24.6 Å². The van der Waals surface area contributed by atoms with Gasteiger partial charge in [0, 0.05) is 0 Å². The number of carboxylic acids is 1. The monoisotopic (exact) mass is 291 g/mol. The lowest BCUT2D eigenvalue weighted by molar-refractivity contribution is 0.0694. The molecule has 0 saturated heterocycles. The Morgan fingerprint density at radius 1 is 1.40 bits per heavy atom. The van der Waals surface area contributed by atoms with E-state index in [9.17, 15) is 9.90 Å². The van der Waals surface area contributed by atoms with Crippen molar-refractivity contribution in [2.75, 3.05) is 11.5 Å². The summed E-state index contributed by atoms with van der Waals surface area (Å²) in [6, 6.07) is 7.63. The molecule has 5 nitrogen and oxygen atoms in total. The summed E-state index contributed by atoms with van der Waals surface area (Å²) in [6.45, 7) is 4.02. The van der Waals surface area contributed by atoms with E-state index >= 15 is 0 Å². The van der Waals surface area contributed by atoms with Crippen LogP contribution in [0.1, 0.15) is 29.3 Å². The highest BCUT2D eigenvalue weighted by Gasteiger charge is 2.22. The number of carboxylic acid groups (broad SMARTS) is 1. The third kappa shape index (κ3) is 2.80. The Hall–Kier alpha value is -1.95. The Kier molecular flexibility index (Phi) is 4.34. The maximum absolute atomic E-state index is 11.4. The number of rotatable bonds is 5. The minimum atomic E-state index is -1.04. The Labute approximate surface area is 121 Å². The molecule has 1 heterocycles. The van der Waals surface area contributed by atoms with E-state index in [1.54, 1.807) is 0 Å². The molecule has 0 saturated carbocycles. The summed E-state index contributed by atoms with van der Waals surface area (Å²) in [6.07, 6.45) is 0.945. The van der Waals surface area contributed by atoms with E-state index in [4.69, 9.17) is 5.73 Å². The number of anilines is 1. The van der Waals surface area contributed by atoms with Gasteiger partial charge in [0.2, 0.25) is 0 Å². The van der Waals surface area contributed by atoms with Crippen LogP contribution in [0, 0.1) is 6.92 Å². The average Bonchev–Trinajstić information content (AvgIpc) is 2.74. The van der Waals surface area contributed by atoms with E-state index < -0.39 is 5.97 Å². The van der Waals surface area contributed by atoms with Crippen LogP contribution in [0.15, 0.2) is 29.3 Å². The summed E-state index contributed by atoms with van der Waals surface area (Å²) in [5, 5.41) is 14.1. The zero-order valence-corrected chi connectivity index (χ0v) is 12.3. The SMILES string of the molecule is CCCSc1nn(-c2ccc(C)cc2)c(N)c1C(=O)O. The van der Waals surface area contributed by atoms with Crippen molar-refractivity contribution in [3.63, 3.8) is 0 Å². The minimum Gasteiger partial charge on any atom is -0.477 e. The van der Waals surface area contributed by atoms with Crippen molar-refractivity contribution in [3.8, 4) is 5.69 Å². The van der Waals surface area contributed by atoms with Gasteiger partial charge in [0.1, 0.15) is 16.4 Å². The number of aromatic carboxylic acids is 1. The highest BCUT2D eigenvalue weighted by molar-refractivity contribution is 7.99. The standard InChI is InChI=1S/C14H17N3O2S/c1-3-8-20-13-11(14(18)19)12(15)17(16-13)10-6-4-9(2)5-7-10/h4-7H,3,8,15H2,1-2H3,(H,18,19). The van der Waals surface area contributed by atoms with Crippen molar-refractivity contribution in [2.45, 2.75) is 25.3 Å². The predicted molar refractivity (Wildman–Crippen MR) is 80.7 cm³/mol. The molecule has 0 aliphatic rings. The van der Waals surface area contributed by atoms with Gasteiger partial charge in [0.05, 0.1) is 5.69 Å². The molecule has 0 radical (unpaired) electrons. The van der Waals surface area contributed by atoms with Gasteiger partial charge >= 0.3 is 5.97 Å². The number of nitrogens with zero attached hydrogens (tertiary/aromatic N) is 2. The lowest BCUT2D eigenvalue weighted by Gasteiger charge is -2.04. The third-order valence-electron chi connectivity index (χ3n) is 2.82. The topological polar surface area (TPSA) is 81.1 Å². The van der Waals surface area contributed by atoms with E-state index in [-0.39, 0.29) is 11.4 Å². The summed E-state index contributed by atoms with van der Waals surface area (Å²) in [4.78, 5) is 11.4. The molecular formula is C14H17N3O2S. The first-order valence-corrected chi connectivity index (χ1v) is 7.34. The van der Waals surface area contributed by atoms with Gasteiger partial charge in [-0.05, 0) is 31.2 Å². The van der Waals surface area contributed by atoms with Gasteiger partial charge in [-0.15, -0.1) is 11.8 Å². The summed E-state index contributed by atoms with van der Waals surface area (Å²) in [7, 11) is 0. The Morgan fingerprint density at radius 3 is 2.60 bits per heavy atom. The highest BCUT2D eigenvalue weighted by atomic mass is 32.2. The minimum absolute atomic E-state index is 0.0871. The summed E-state index contributed by atoms with van der Waals surface area (Å²) in [5.41, 5.74) is 7.93. The molecule has 0 bridgehead atoms. The zero-order chi connectivity index (χ0) is 14.7. The van der Waals surface area contributed by atoms with E-state index in [2.05, 4.69) is 5.10 Å². The number of hydrogen-bond acceptors (Lipinski definition) is 4. The number of nitrogen functional groups attached to an aromatic ring is 1. The lowest BCUT2D eigenvalue weighted by Crippen LogP contribution is -2.05. The van der Waals surface area contributed by atoms with Crippen LogP contribution in [0.5, 0.6) is 0 Å². The van der Waals surface area contributed by atoms with Crippen LogP contribution >= 0.6 is 11.8 Å². The van der Waals surface area contributed by atoms with Crippen LogP contribution in [0.4, 0.5) is 5.82 Å². The molecule has 0 unspecified atom stereocenters.